The molecule has 2 nitrogen and oxygen atoms in total. The number of para-hydroxylation sites is 2. The van der Waals surface area contributed by atoms with Gasteiger partial charge in [-0.15, -0.1) is 0 Å². The van der Waals surface area contributed by atoms with Gasteiger partial charge in [0.2, 0.25) is 0 Å². The van der Waals surface area contributed by atoms with Crippen molar-refractivity contribution in [1.29, 1.82) is 0 Å². The molecule has 1 heterocycles. The molecule has 8 rings (SSSR count). The number of nitrogens with zero attached hydrogens (tertiary/aromatic N) is 2. The smallest absolute Gasteiger partial charge is 0.225 e. The van der Waals surface area contributed by atoms with Crippen LogP contribution in [0.4, 0.5) is 0 Å². The summed E-state index contributed by atoms with van der Waals surface area (Å²) in [5.74, 6) is 0. The lowest BCUT2D eigenvalue weighted by Gasteiger charge is -2.23. The molecule has 0 N–H and O–H groups in total. The first kappa shape index (κ1) is 28.6. The predicted octanol–water partition coefficient (Wildman–Crippen LogP) is 7.12. The van der Waals surface area contributed by atoms with Crippen molar-refractivity contribution in [3.05, 3.63) is 182 Å². The van der Waals surface area contributed by atoms with E-state index in [4.69, 9.17) is 0 Å². The number of benzene rings is 7. The van der Waals surface area contributed by atoms with Crippen LogP contribution in [0.1, 0.15) is 0 Å². The van der Waals surface area contributed by atoms with Gasteiger partial charge < -0.3 is 0 Å². The molecule has 1 aromatic heterocycles. The summed E-state index contributed by atoms with van der Waals surface area (Å²) >= 11 is 0. The lowest BCUT2D eigenvalue weighted by Crippen LogP contribution is -2.48. The van der Waals surface area contributed by atoms with Crippen LogP contribution in [0.3, 0.4) is 0 Å². The normalized spacial score (nSPS) is 11.5. The molecular weight excluding hydrogens is 594 g/mol. The van der Waals surface area contributed by atoms with Crippen molar-refractivity contribution in [2.75, 3.05) is 0 Å². The lowest BCUT2D eigenvalue weighted by atomic mass is 10.1. The number of rotatable bonds is 7. The summed E-state index contributed by atoms with van der Waals surface area (Å²) in [6, 6.07) is 66.8. The van der Waals surface area contributed by atoms with E-state index in [1.54, 1.807) is 0 Å². The zero-order valence-electron chi connectivity index (χ0n) is 25.6. The van der Waals surface area contributed by atoms with Crippen LogP contribution in [0.5, 0.6) is 0 Å². The summed E-state index contributed by atoms with van der Waals surface area (Å²) < 4.78 is 5.06. The van der Waals surface area contributed by atoms with Crippen molar-refractivity contribution >= 4 is 69.7 Å². The molecule has 0 atom stereocenters. The van der Waals surface area contributed by atoms with Gasteiger partial charge in [-0.25, -0.2) is 4.57 Å². The van der Waals surface area contributed by atoms with Gasteiger partial charge in [0.1, 0.15) is 5.69 Å². The maximum absolute atomic E-state index is 2.61. The molecule has 0 amide bonds. The van der Waals surface area contributed by atoms with E-state index in [9.17, 15) is 0 Å². The van der Waals surface area contributed by atoms with Gasteiger partial charge in [0.25, 0.3) is 5.57 Å². The number of fused-ring (bicyclic) bond motifs is 2. The first-order valence-corrected chi connectivity index (χ1v) is 18.3. The summed E-state index contributed by atoms with van der Waals surface area (Å²) in [6.07, 6.45) is 0. The van der Waals surface area contributed by atoms with Crippen molar-refractivity contribution in [1.82, 2.24) is 4.57 Å². The largest absolute Gasteiger partial charge is 0.291 e. The predicted molar refractivity (Wildman–Crippen MR) is 199 cm³/mol. The van der Waals surface area contributed by atoms with E-state index >= 15 is 0 Å². The van der Waals surface area contributed by atoms with Gasteiger partial charge in [-0.05, 0) is 52.7 Å². The van der Waals surface area contributed by atoms with Crippen LogP contribution in [-0.4, -0.2) is 4.57 Å². The fourth-order valence-electron chi connectivity index (χ4n) is 6.55. The zero-order chi connectivity index (χ0) is 30.9. The Balaban J connectivity index is 1.54. The van der Waals surface area contributed by atoms with E-state index < -0.39 is 15.8 Å². The zero-order valence-corrected chi connectivity index (χ0v) is 27.4. The Labute approximate surface area is 272 Å². The van der Waals surface area contributed by atoms with Gasteiger partial charge in [0.15, 0.2) is 11.0 Å². The molecule has 220 valence electrons. The molecule has 8 aromatic rings. The Morgan fingerprint density at radius 3 is 1.46 bits per heavy atom. The van der Waals surface area contributed by atoms with E-state index in [2.05, 4.69) is 198 Å². The number of imidazole rings is 1. The Bertz CT molecular complexity index is 2190. The third-order valence-electron chi connectivity index (χ3n) is 8.59. The standard InChI is InChI=1S/C42H33N2P2/c1-43-38-28-16-17-29-39(38)44(42(43)46(35-23-10-4-11-24-35)36-25-12-5-13-26-36)41-37-27-15-14-18-32(37)30-31-40(41)45(33-19-6-2-7-20-33)34-21-8-3-9-22-34/h2-31H,1H3/q+1. The summed E-state index contributed by atoms with van der Waals surface area (Å²) in [7, 11) is 0.454. The number of aryl methyl sites for hydroxylation is 1. The first-order valence-electron chi connectivity index (χ1n) is 15.6. The molecule has 0 radical (unpaired) electrons. The second-order valence-corrected chi connectivity index (χ2v) is 15.6. The van der Waals surface area contributed by atoms with Gasteiger partial charge in [0, 0.05) is 10.7 Å². The molecule has 0 fully saturated rings. The second kappa shape index (κ2) is 12.5. The van der Waals surface area contributed by atoms with E-state index in [0.717, 1.165) is 0 Å². The van der Waals surface area contributed by atoms with Crippen molar-refractivity contribution in [3.8, 4) is 5.69 Å². The molecule has 0 spiro atoms. The molecule has 7 aromatic carbocycles. The van der Waals surface area contributed by atoms with Gasteiger partial charge in [-0.2, -0.15) is 4.57 Å². The maximum Gasteiger partial charge on any atom is 0.291 e. The van der Waals surface area contributed by atoms with Crippen LogP contribution >= 0.6 is 15.8 Å². The van der Waals surface area contributed by atoms with Gasteiger partial charge in [-0.1, -0.05) is 164 Å². The highest BCUT2D eigenvalue weighted by molar-refractivity contribution is 7.80. The molecule has 0 aliphatic rings. The first-order chi connectivity index (χ1) is 22.8. The van der Waals surface area contributed by atoms with Gasteiger partial charge >= 0.3 is 0 Å². The van der Waals surface area contributed by atoms with E-state index in [1.165, 1.54) is 59.6 Å². The summed E-state index contributed by atoms with van der Waals surface area (Å²) in [4.78, 5) is 0. The third-order valence-corrected chi connectivity index (χ3v) is 13.6. The number of hydrogen-bond donors (Lipinski definition) is 0. The average Bonchev–Trinajstić information content (AvgIpc) is 3.41. The average molecular weight is 628 g/mol. The van der Waals surface area contributed by atoms with Crippen LogP contribution in [0, 0.1) is 0 Å². The van der Waals surface area contributed by atoms with Crippen molar-refractivity contribution < 1.29 is 4.57 Å². The SMILES string of the molecule is C[n+]1c(P(c2ccccc2)c2ccccc2)n(-c2c(P(c3ccccc3)c3ccccc3)ccc3ccccc23)c2ccccc21. The molecule has 46 heavy (non-hydrogen) atoms. The van der Waals surface area contributed by atoms with E-state index in [0.29, 0.717) is 0 Å². The minimum Gasteiger partial charge on any atom is -0.225 e. The third kappa shape index (κ3) is 5.05. The van der Waals surface area contributed by atoms with Crippen molar-refractivity contribution in [3.63, 3.8) is 0 Å². The monoisotopic (exact) mass is 627 g/mol. The molecule has 0 aliphatic carbocycles. The number of aromatic nitrogens is 2. The van der Waals surface area contributed by atoms with Crippen LogP contribution < -0.4 is 36.7 Å². The minimum atomic E-state index is -0.920. The second-order valence-electron chi connectivity index (χ2n) is 11.4. The number of hydrogen-bond acceptors (Lipinski definition) is 0. The molecule has 0 saturated carbocycles. The van der Waals surface area contributed by atoms with Crippen LogP contribution in [-0.2, 0) is 7.05 Å². The van der Waals surface area contributed by atoms with Crippen LogP contribution in [0.2, 0.25) is 0 Å². The highest BCUT2D eigenvalue weighted by Crippen LogP contribution is 2.40. The molecule has 0 aliphatic heterocycles. The fourth-order valence-corrected chi connectivity index (χ4v) is 11.5. The van der Waals surface area contributed by atoms with Crippen molar-refractivity contribution in [2.24, 2.45) is 7.05 Å². The van der Waals surface area contributed by atoms with Gasteiger partial charge in [0.05, 0.1) is 15.0 Å². The Morgan fingerprint density at radius 1 is 0.435 bits per heavy atom. The maximum atomic E-state index is 2.61. The molecule has 4 heteroatoms. The van der Waals surface area contributed by atoms with Gasteiger partial charge in [-0.3, -0.25) is 0 Å². The Kier molecular flexibility index (Phi) is 7.77. The Morgan fingerprint density at radius 2 is 0.891 bits per heavy atom. The molecule has 0 unspecified atom stereocenters. The molecule has 0 saturated heterocycles. The summed E-state index contributed by atoms with van der Waals surface area (Å²) in [5.41, 5.74) is 5.00. The highest BCUT2D eigenvalue weighted by atomic mass is 31.1. The molecule has 0 bridgehead atoms. The van der Waals surface area contributed by atoms with Crippen molar-refractivity contribution in [2.45, 2.75) is 0 Å². The fraction of sp³-hybridized carbons (Fsp3) is 0.0238. The highest BCUT2D eigenvalue weighted by Gasteiger charge is 2.36. The van der Waals surface area contributed by atoms with Crippen LogP contribution in [0.15, 0.2) is 182 Å². The topological polar surface area (TPSA) is 8.81 Å². The van der Waals surface area contributed by atoms with E-state index in [1.807, 2.05) is 0 Å². The summed E-state index contributed by atoms with van der Waals surface area (Å²) in [6.45, 7) is 0. The van der Waals surface area contributed by atoms with E-state index in [-0.39, 0.29) is 0 Å². The Hall–Kier alpha value is -4.87. The molecular formula is C42H33N2P2+. The minimum absolute atomic E-state index is 0.873. The summed E-state index contributed by atoms with van der Waals surface area (Å²) in [5, 5.41) is 9.21. The quantitative estimate of drug-likeness (QED) is 0.131. The van der Waals surface area contributed by atoms with Crippen LogP contribution in [0.25, 0.3) is 27.5 Å². The lowest BCUT2D eigenvalue weighted by molar-refractivity contribution is -0.626.